The number of hydrogen-bond donors (Lipinski definition) is 2. The molecule has 0 aromatic carbocycles. The highest BCUT2D eigenvalue weighted by molar-refractivity contribution is 8.07. The summed E-state index contributed by atoms with van der Waals surface area (Å²) in [5, 5.41) is 19.4. The monoisotopic (exact) mass is 344 g/mol. The molecule has 0 radical (unpaired) electrons. The summed E-state index contributed by atoms with van der Waals surface area (Å²) in [5.41, 5.74) is 3.00. The summed E-state index contributed by atoms with van der Waals surface area (Å²) in [6.45, 7) is 0. The van der Waals surface area contributed by atoms with Crippen LogP contribution in [0, 0.1) is 0 Å². The van der Waals surface area contributed by atoms with Crippen LogP contribution in [0.5, 0.6) is 0 Å². The first-order valence-corrected chi connectivity index (χ1v) is 8.80. The van der Waals surface area contributed by atoms with Gasteiger partial charge in [-0.3, -0.25) is 4.79 Å². The Labute approximate surface area is 143 Å². The van der Waals surface area contributed by atoms with E-state index in [1.807, 2.05) is 12.2 Å². The molecule has 0 aromatic heterocycles. The maximum absolute atomic E-state index is 12.9. The van der Waals surface area contributed by atoms with Crippen molar-refractivity contribution in [1.82, 2.24) is 0 Å². The third-order valence-electron chi connectivity index (χ3n) is 4.70. The third kappa shape index (κ3) is 2.33. The minimum absolute atomic E-state index is 0.149. The van der Waals surface area contributed by atoms with Crippen molar-refractivity contribution in [2.45, 2.75) is 38.5 Å². The lowest BCUT2D eigenvalue weighted by atomic mass is 9.91. The van der Waals surface area contributed by atoms with E-state index in [1.54, 1.807) is 0 Å². The molecule has 4 rings (SSSR count). The Hall–Kier alpha value is -2.21. The smallest absolute Gasteiger partial charge is 0.511 e. The largest absolute Gasteiger partial charge is 0.512 e. The normalized spacial score (nSPS) is 23.2. The topological polar surface area (TPSA) is 83.8 Å². The van der Waals surface area contributed by atoms with E-state index in [9.17, 15) is 14.7 Å². The number of allylic oxidation sites excluding steroid dienone is 8. The number of hydrogen-bond acceptors (Lipinski definition) is 5. The summed E-state index contributed by atoms with van der Waals surface area (Å²) < 4.78 is 4.90. The molecule has 1 fully saturated rings. The average molecular weight is 344 g/mol. The Balaban J connectivity index is 1.95. The van der Waals surface area contributed by atoms with Gasteiger partial charge in [0.25, 0.3) is 0 Å². The highest BCUT2D eigenvalue weighted by Crippen LogP contribution is 2.52. The quantitative estimate of drug-likeness (QED) is 0.681. The second-order valence-corrected chi connectivity index (χ2v) is 7.19. The summed E-state index contributed by atoms with van der Waals surface area (Å²) in [6, 6.07) is 0. The minimum Gasteiger partial charge on any atom is -0.512 e. The van der Waals surface area contributed by atoms with Crippen LogP contribution >= 0.6 is 11.8 Å². The molecular formula is C18H16O5S. The molecule has 3 aliphatic carbocycles. The fourth-order valence-corrected chi connectivity index (χ4v) is 5.02. The van der Waals surface area contributed by atoms with Gasteiger partial charge < -0.3 is 14.9 Å². The maximum Gasteiger partial charge on any atom is 0.511 e. The number of aliphatic hydroxyl groups excluding tert-OH is 1. The van der Waals surface area contributed by atoms with Crippen LogP contribution in [0.1, 0.15) is 38.5 Å². The molecule has 1 saturated carbocycles. The Kier molecular flexibility index (Phi) is 3.64. The second kappa shape index (κ2) is 5.70. The van der Waals surface area contributed by atoms with E-state index in [1.165, 1.54) is 11.8 Å². The van der Waals surface area contributed by atoms with Crippen molar-refractivity contribution < 1.29 is 24.5 Å². The number of thioether (sulfide) groups is 1. The Morgan fingerprint density at radius 2 is 1.88 bits per heavy atom. The number of aliphatic hydroxyl groups is 1. The minimum atomic E-state index is -1.51. The van der Waals surface area contributed by atoms with Crippen molar-refractivity contribution in [3.8, 4) is 0 Å². The zero-order chi connectivity index (χ0) is 16.8. The molecule has 0 atom stereocenters. The lowest BCUT2D eigenvalue weighted by Gasteiger charge is -2.22. The number of fused-ring (bicyclic) bond motifs is 3. The predicted molar refractivity (Wildman–Crippen MR) is 89.3 cm³/mol. The van der Waals surface area contributed by atoms with Crippen molar-refractivity contribution in [2.24, 2.45) is 0 Å². The van der Waals surface area contributed by atoms with Gasteiger partial charge in [-0.15, -0.1) is 0 Å². The van der Waals surface area contributed by atoms with E-state index < -0.39 is 11.9 Å². The molecule has 2 N–H and O–H groups in total. The number of ether oxygens (including phenoxy) is 1. The Morgan fingerprint density at radius 3 is 2.67 bits per heavy atom. The van der Waals surface area contributed by atoms with Gasteiger partial charge in [0, 0.05) is 27.4 Å². The fraction of sp³-hybridized carbons (Fsp3) is 0.333. The highest BCUT2D eigenvalue weighted by Gasteiger charge is 2.38. The summed E-state index contributed by atoms with van der Waals surface area (Å²) in [6.07, 6.45) is 6.73. The molecule has 24 heavy (non-hydrogen) atoms. The maximum atomic E-state index is 12.9. The van der Waals surface area contributed by atoms with Crippen molar-refractivity contribution >= 4 is 23.7 Å². The first-order chi connectivity index (χ1) is 11.6. The number of carbonyl (C=O) groups is 2. The van der Waals surface area contributed by atoms with Gasteiger partial charge in [0.1, 0.15) is 5.76 Å². The van der Waals surface area contributed by atoms with Crippen LogP contribution in [0.4, 0.5) is 4.79 Å². The van der Waals surface area contributed by atoms with Crippen LogP contribution in [-0.4, -0.2) is 22.2 Å². The van der Waals surface area contributed by atoms with E-state index in [4.69, 9.17) is 9.84 Å². The SMILES string of the molecule is O=C(O)OC1=C2CC(O)=C3CCCC3=C2SC2=CCCC=C2C1=O. The number of ketones is 1. The number of rotatable bonds is 1. The molecule has 6 heteroatoms. The molecule has 4 aliphatic rings. The lowest BCUT2D eigenvalue weighted by Crippen LogP contribution is -2.16. The van der Waals surface area contributed by atoms with Crippen molar-refractivity contribution in [3.63, 3.8) is 0 Å². The summed E-state index contributed by atoms with van der Waals surface area (Å²) in [4.78, 5) is 25.8. The molecule has 0 bridgehead atoms. The van der Waals surface area contributed by atoms with Gasteiger partial charge in [0.15, 0.2) is 5.76 Å². The van der Waals surface area contributed by atoms with E-state index in [2.05, 4.69) is 0 Å². The van der Waals surface area contributed by atoms with Crippen LogP contribution in [-0.2, 0) is 9.53 Å². The molecule has 0 aromatic rings. The molecule has 124 valence electrons. The van der Waals surface area contributed by atoms with Gasteiger partial charge in [-0.1, -0.05) is 23.9 Å². The first kappa shape index (κ1) is 15.3. The molecule has 1 aliphatic heterocycles. The number of carboxylic acid groups (broad SMARTS) is 1. The van der Waals surface area contributed by atoms with Gasteiger partial charge in [-0.2, -0.15) is 0 Å². The molecule has 0 saturated heterocycles. The molecule has 0 spiro atoms. The summed E-state index contributed by atoms with van der Waals surface area (Å²) in [5.74, 6) is -0.337. The fourth-order valence-electron chi connectivity index (χ4n) is 3.67. The van der Waals surface area contributed by atoms with Crippen LogP contribution in [0.25, 0.3) is 0 Å². The van der Waals surface area contributed by atoms with Gasteiger partial charge in [-0.05, 0) is 43.3 Å². The van der Waals surface area contributed by atoms with Crippen LogP contribution in [0.15, 0.2) is 55.8 Å². The van der Waals surface area contributed by atoms with E-state index in [-0.39, 0.29) is 17.9 Å². The summed E-state index contributed by atoms with van der Waals surface area (Å²) >= 11 is 1.51. The molecule has 5 nitrogen and oxygen atoms in total. The number of Topliss-reactive ketones (excluding diaryl/α,β-unsaturated/α-hetero) is 1. The van der Waals surface area contributed by atoms with Gasteiger partial charge in [0.2, 0.25) is 5.78 Å². The van der Waals surface area contributed by atoms with Crippen LogP contribution in [0.3, 0.4) is 0 Å². The van der Waals surface area contributed by atoms with Gasteiger partial charge in [0.05, 0.1) is 0 Å². The molecule has 0 amide bonds. The lowest BCUT2D eigenvalue weighted by molar-refractivity contribution is -0.114. The first-order valence-electron chi connectivity index (χ1n) is 7.98. The van der Waals surface area contributed by atoms with Crippen LogP contribution in [0.2, 0.25) is 0 Å². The van der Waals surface area contributed by atoms with Crippen LogP contribution < -0.4 is 0 Å². The Morgan fingerprint density at radius 1 is 1.12 bits per heavy atom. The predicted octanol–water partition coefficient (Wildman–Crippen LogP) is 4.51. The average Bonchev–Trinajstić information content (AvgIpc) is 3.01. The van der Waals surface area contributed by atoms with Gasteiger partial charge >= 0.3 is 6.16 Å². The highest BCUT2D eigenvalue weighted by atomic mass is 32.2. The molecular weight excluding hydrogens is 328 g/mol. The molecule has 0 unspecified atom stereocenters. The van der Waals surface area contributed by atoms with Crippen molar-refractivity contribution in [3.05, 3.63) is 55.8 Å². The Bertz CT molecular complexity index is 822. The van der Waals surface area contributed by atoms with Gasteiger partial charge in [-0.25, -0.2) is 4.79 Å². The zero-order valence-corrected chi connectivity index (χ0v) is 13.7. The van der Waals surface area contributed by atoms with Crippen molar-refractivity contribution in [1.29, 1.82) is 0 Å². The van der Waals surface area contributed by atoms with E-state index >= 15 is 0 Å². The number of carbonyl (C=O) groups excluding carboxylic acids is 1. The van der Waals surface area contributed by atoms with Crippen molar-refractivity contribution in [2.75, 3.05) is 0 Å². The van der Waals surface area contributed by atoms with E-state index in [0.717, 1.165) is 53.1 Å². The standard InChI is InChI=1S/C18H16O5S/c19-13-8-12-16(23-18(21)22)15(20)11-4-1-2-7-14(11)24-17(12)10-6-3-5-9(10)13/h4,7,19H,1-3,5-6,8H2,(H,21,22). The summed E-state index contributed by atoms with van der Waals surface area (Å²) in [7, 11) is 0. The zero-order valence-electron chi connectivity index (χ0n) is 12.9. The second-order valence-electron chi connectivity index (χ2n) is 6.13. The molecule has 1 heterocycles. The third-order valence-corrected chi connectivity index (χ3v) is 6.00. The van der Waals surface area contributed by atoms with E-state index in [0.29, 0.717) is 11.1 Å².